The predicted molar refractivity (Wildman–Crippen MR) is 119 cm³/mol. The van der Waals surface area contributed by atoms with E-state index < -0.39 is 6.10 Å². The average molecular weight is 404 g/mol. The molecular formula is C25H41NO3. The largest absolute Gasteiger partial charge is 0.396 e. The number of hydrogen-bond donors (Lipinski definition) is 4. The number of allylic oxidation sites excluding steroid dienone is 2. The van der Waals surface area contributed by atoms with Crippen molar-refractivity contribution in [1.82, 2.24) is 5.32 Å². The molecule has 0 bridgehead atoms. The van der Waals surface area contributed by atoms with Gasteiger partial charge in [0.2, 0.25) is 0 Å². The van der Waals surface area contributed by atoms with Gasteiger partial charge in [-0.1, -0.05) is 30.7 Å². The Balaban J connectivity index is 1.75. The lowest BCUT2D eigenvalue weighted by Gasteiger charge is -2.19. The third-order valence-corrected chi connectivity index (χ3v) is 6.58. The minimum Gasteiger partial charge on any atom is -0.396 e. The molecule has 29 heavy (non-hydrogen) atoms. The van der Waals surface area contributed by atoms with Crippen LogP contribution in [0.3, 0.4) is 0 Å². The number of hydrogen-bond acceptors (Lipinski definition) is 4. The van der Waals surface area contributed by atoms with Gasteiger partial charge < -0.3 is 20.6 Å². The van der Waals surface area contributed by atoms with Crippen molar-refractivity contribution in [3.8, 4) is 11.8 Å². The average Bonchev–Trinajstić information content (AvgIpc) is 3.22. The molecule has 0 aromatic carbocycles. The molecule has 4 nitrogen and oxygen atoms in total. The molecule has 0 heterocycles. The van der Waals surface area contributed by atoms with E-state index >= 15 is 0 Å². The lowest BCUT2D eigenvalue weighted by Crippen LogP contribution is -2.19. The SMILES string of the molecule is CC#CC[C@H](C)[C@H](O)/C=C/[C@@H]1[C@H]2C/C(=C/CCCCNCCCO)C[C@H]2C[C@H]1O. The second-order valence-corrected chi connectivity index (χ2v) is 8.88. The van der Waals surface area contributed by atoms with Crippen LogP contribution in [0, 0.1) is 35.5 Å². The Kier molecular flexibility index (Phi) is 11.0. The molecule has 0 radical (unpaired) electrons. The quantitative estimate of drug-likeness (QED) is 0.229. The third-order valence-electron chi connectivity index (χ3n) is 6.58. The smallest absolute Gasteiger partial charge is 0.0755 e. The Morgan fingerprint density at radius 1 is 1.21 bits per heavy atom. The third kappa shape index (κ3) is 7.90. The van der Waals surface area contributed by atoms with E-state index in [1.807, 2.05) is 19.9 Å². The maximum Gasteiger partial charge on any atom is 0.0755 e. The number of unbranched alkanes of at least 4 members (excludes halogenated alkanes) is 2. The van der Waals surface area contributed by atoms with Gasteiger partial charge in [0, 0.05) is 18.9 Å². The van der Waals surface area contributed by atoms with Gasteiger partial charge in [-0.3, -0.25) is 0 Å². The molecule has 0 aromatic heterocycles. The van der Waals surface area contributed by atoms with E-state index in [1.54, 1.807) is 5.57 Å². The Hall–Kier alpha value is -1.12. The molecule has 4 N–H and O–H groups in total. The van der Waals surface area contributed by atoms with Crippen LogP contribution in [0.1, 0.15) is 65.2 Å². The van der Waals surface area contributed by atoms with Crippen molar-refractivity contribution in [2.24, 2.45) is 23.7 Å². The van der Waals surface area contributed by atoms with Gasteiger partial charge in [-0.05, 0) is 82.7 Å². The van der Waals surface area contributed by atoms with Crippen LogP contribution in [0.25, 0.3) is 0 Å². The molecule has 0 spiro atoms. The fourth-order valence-corrected chi connectivity index (χ4v) is 4.78. The highest BCUT2D eigenvalue weighted by Crippen LogP contribution is 2.50. The zero-order valence-electron chi connectivity index (χ0n) is 18.3. The molecule has 0 amide bonds. The minimum absolute atomic E-state index is 0.116. The molecule has 2 saturated carbocycles. The first-order valence-corrected chi connectivity index (χ1v) is 11.5. The number of nitrogens with one attached hydrogen (secondary N) is 1. The molecule has 0 aliphatic heterocycles. The summed E-state index contributed by atoms with van der Waals surface area (Å²) < 4.78 is 0. The Bertz CT molecular complexity index is 589. The summed E-state index contributed by atoms with van der Waals surface area (Å²) in [5.74, 6) is 7.31. The van der Waals surface area contributed by atoms with E-state index in [0.717, 1.165) is 45.2 Å². The molecule has 2 rings (SSSR count). The van der Waals surface area contributed by atoms with Crippen molar-refractivity contribution in [2.75, 3.05) is 19.7 Å². The van der Waals surface area contributed by atoms with Crippen LogP contribution >= 0.6 is 0 Å². The Morgan fingerprint density at radius 2 is 2.00 bits per heavy atom. The van der Waals surface area contributed by atoms with Crippen LogP contribution in [0.4, 0.5) is 0 Å². The number of rotatable bonds is 12. The summed E-state index contributed by atoms with van der Waals surface area (Å²) in [6, 6.07) is 0. The van der Waals surface area contributed by atoms with Crippen LogP contribution in [-0.2, 0) is 0 Å². The van der Waals surface area contributed by atoms with Gasteiger partial charge in [0.1, 0.15) is 0 Å². The van der Waals surface area contributed by atoms with Crippen molar-refractivity contribution in [3.05, 3.63) is 23.8 Å². The van der Waals surface area contributed by atoms with Crippen LogP contribution in [-0.4, -0.2) is 47.2 Å². The van der Waals surface area contributed by atoms with Crippen LogP contribution < -0.4 is 5.32 Å². The van der Waals surface area contributed by atoms with Crippen molar-refractivity contribution in [2.45, 2.75) is 77.4 Å². The molecule has 2 fully saturated rings. The van der Waals surface area contributed by atoms with Gasteiger partial charge in [0.25, 0.3) is 0 Å². The highest BCUT2D eigenvalue weighted by Gasteiger charge is 2.44. The number of aliphatic hydroxyl groups is 3. The summed E-state index contributed by atoms with van der Waals surface area (Å²) in [6.07, 6.45) is 13.8. The van der Waals surface area contributed by atoms with Crippen molar-refractivity contribution >= 4 is 0 Å². The minimum atomic E-state index is -0.496. The van der Waals surface area contributed by atoms with E-state index in [2.05, 4.69) is 29.3 Å². The molecule has 0 aromatic rings. The fraction of sp³-hybridized carbons (Fsp3) is 0.760. The second kappa shape index (κ2) is 13.2. The summed E-state index contributed by atoms with van der Waals surface area (Å²) in [7, 11) is 0. The molecule has 2 aliphatic rings. The highest BCUT2D eigenvalue weighted by molar-refractivity contribution is 5.18. The molecule has 0 unspecified atom stereocenters. The van der Waals surface area contributed by atoms with Crippen molar-refractivity contribution in [1.29, 1.82) is 0 Å². The van der Waals surface area contributed by atoms with Crippen LogP contribution in [0.2, 0.25) is 0 Å². The standard InChI is InChI=1S/C25H41NO3/c1-3-4-9-19(2)24(28)12-11-22-23-17-20(16-21(23)18-25(22)29)10-6-5-7-13-26-14-8-15-27/h10-12,19,21-29H,5-9,13-18H2,1-2H3/b12-11+,20-10+/t19-,21-,22+,23-,24+,25+/m0/s1. The molecule has 4 heteroatoms. The topological polar surface area (TPSA) is 72.7 Å². The monoisotopic (exact) mass is 403 g/mol. The second-order valence-electron chi connectivity index (χ2n) is 8.88. The molecule has 2 aliphatic carbocycles. The summed E-state index contributed by atoms with van der Waals surface area (Å²) in [5.41, 5.74) is 1.56. The maximum absolute atomic E-state index is 10.5. The molecule has 164 valence electrons. The number of fused-ring (bicyclic) bond motifs is 1. The van der Waals surface area contributed by atoms with Gasteiger partial charge in [0.05, 0.1) is 12.2 Å². The van der Waals surface area contributed by atoms with Gasteiger partial charge in [0.15, 0.2) is 0 Å². The maximum atomic E-state index is 10.5. The Labute approximate surface area is 177 Å². The van der Waals surface area contributed by atoms with Crippen molar-refractivity contribution in [3.63, 3.8) is 0 Å². The first-order valence-electron chi connectivity index (χ1n) is 11.5. The van der Waals surface area contributed by atoms with Crippen LogP contribution in [0.15, 0.2) is 23.8 Å². The molecule has 6 atom stereocenters. The molecular weight excluding hydrogens is 362 g/mol. The summed E-state index contributed by atoms with van der Waals surface area (Å²) in [5, 5.41) is 33.0. The first kappa shape index (κ1) is 24.2. The lowest BCUT2D eigenvalue weighted by atomic mass is 9.89. The van der Waals surface area contributed by atoms with E-state index in [1.165, 1.54) is 12.8 Å². The van der Waals surface area contributed by atoms with E-state index in [-0.39, 0.29) is 24.5 Å². The lowest BCUT2D eigenvalue weighted by molar-refractivity contribution is 0.137. The van der Waals surface area contributed by atoms with Crippen molar-refractivity contribution < 1.29 is 15.3 Å². The highest BCUT2D eigenvalue weighted by atomic mass is 16.3. The van der Waals surface area contributed by atoms with E-state index in [4.69, 9.17) is 5.11 Å². The Morgan fingerprint density at radius 3 is 2.76 bits per heavy atom. The van der Waals surface area contributed by atoms with Gasteiger partial charge in [-0.25, -0.2) is 0 Å². The van der Waals surface area contributed by atoms with E-state index in [0.29, 0.717) is 18.3 Å². The summed E-state index contributed by atoms with van der Waals surface area (Å²) in [6.45, 7) is 6.03. The summed E-state index contributed by atoms with van der Waals surface area (Å²) in [4.78, 5) is 0. The fourth-order valence-electron chi connectivity index (χ4n) is 4.78. The molecule has 0 saturated heterocycles. The van der Waals surface area contributed by atoms with Gasteiger partial charge >= 0.3 is 0 Å². The van der Waals surface area contributed by atoms with Gasteiger partial charge in [-0.15, -0.1) is 11.8 Å². The zero-order chi connectivity index (χ0) is 21.1. The normalized spacial score (nSPS) is 29.8. The number of aliphatic hydroxyl groups excluding tert-OH is 3. The first-order chi connectivity index (χ1) is 14.1. The summed E-state index contributed by atoms with van der Waals surface area (Å²) >= 11 is 0. The van der Waals surface area contributed by atoms with Gasteiger partial charge in [-0.2, -0.15) is 0 Å². The van der Waals surface area contributed by atoms with E-state index in [9.17, 15) is 10.2 Å². The predicted octanol–water partition coefficient (Wildman–Crippen LogP) is 3.43. The zero-order valence-corrected chi connectivity index (χ0v) is 18.3. The van der Waals surface area contributed by atoms with Crippen LogP contribution in [0.5, 0.6) is 0 Å².